The zero-order chi connectivity index (χ0) is 21.6. The maximum atomic E-state index is 13.1. The van der Waals surface area contributed by atoms with Crippen molar-refractivity contribution in [3.05, 3.63) is 46.2 Å². The molecule has 154 valence electrons. The quantitative estimate of drug-likeness (QED) is 0.535. The van der Waals surface area contributed by atoms with Gasteiger partial charge >= 0.3 is 6.01 Å². The molecule has 3 rings (SSSR count). The third-order valence-corrected chi connectivity index (χ3v) is 5.24. The first-order valence-corrected chi connectivity index (χ1v) is 9.93. The zero-order valence-corrected chi connectivity index (χ0v) is 18.3. The molecule has 0 N–H and O–H groups in total. The highest BCUT2D eigenvalue weighted by Gasteiger charge is 2.53. The molecule has 1 aliphatic rings. The average molecular weight is 417 g/mol. The van der Waals surface area contributed by atoms with Gasteiger partial charge in [-0.05, 0) is 70.4 Å². The standard InChI is InChI=1S/C22H25ClN2O4/c1-7-13-8-9-14(28-20-24-12(2)10-16(23)25-20)11-15(13)17-18(26)21(3,4)29-22(5,6)19(17)27/h8-11,17H,7H2,1-6H3. The molecule has 1 aromatic carbocycles. The minimum absolute atomic E-state index is 0.107. The second-order valence-electron chi connectivity index (χ2n) is 8.22. The number of halogens is 1. The summed E-state index contributed by atoms with van der Waals surface area (Å²) in [6, 6.07) is 7.08. The molecule has 6 nitrogen and oxygen atoms in total. The smallest absolute Gasteiger partial charge is 0.323 e. The highest BCUT2D eigenvalue weighted by Crippen LogP contribution is 2.40. The number of aryl methyl sites for hydroxylation is 2. The lowest BCUT2D eigenvalue weighted by Crippen LogP contribution is -2.58. The second kappa shape index (κ2) is 7.50. The topological polar surface area (TPSA) is 78.4 Å². The highest BCUT2D eigenvalue weighted by atomic mass is 35.5. The SMILES string of the molecule is CCc1ccc(Oc2nc(C)cc(Cl)n2)cc1C1C(=O)C(C)(C)OC(C)(C)C1=O. The van der Waals surface area contributed by atoms with Gasteiger partial charge in [-0.1, -0.05) is 24.6 Å². The molecule has 1 fully saturated rings. The lowest BCUT2D eigenvalue weighted by molar-refractivity contribution is -0.184. The first kappa shape index (κ1) is 21.4. The van der Waals surface area contributed by atoms with E-state index in [0.29, 0.717) is 23.4 Å². The molecule has 1 aliphatic heterocycles. The number of Topliss-reactive ketones (excluding diaryl/α,β-unsaturated/α-hetero) is 2. The summed E-state index contributed by atoms with van der Waals surface area (Å²) >= 11 is 5.98. The summed E-state index contributed by atoms with van der Waals surface area (Å²) in [5, 5.41) is 0.274. The van der Waals surface area contributed by atoms with Crippen LogP contribution in [0, 0.1) is 6.92 Å². The number of hydrogen-bond acceptors (Lipinski definition) is 6. The molecule has 0 atom stereocenters. The van der Waals surface area contributed by atoms with E-state index in [1.165, 1.54) is 0 Å². The van der Waals surface area contributed by atoms with Crippen LogP contribution < -0.4 is 4.74 Å². The lowest BCUT2D eigenvalue weighted by Gasteiger charge is -2.43. The number of ether oxygens (including phenoxy) is 2. The predicted octanol–water partition coefficient (Wildman–Crippen LogP) is 4.60. The maximum Gasteiger partial charge on any atom is 0.323 e. The van der Waals surface area contributed by atoms with Crippen LogP contribution in [0.1, 0.15) is 57.4 Å². The van der Waals surface area contributed by atoms with Gasteiger partial charge in [0.1, 0.15) is 28.0 Å². The third-order valence-electron chi connectivity index (χ3n) is 5.04. The Kier molecular flexibility index (Phi) is 5.54. The number of hydrogen-bond donors (Lipinski definition) is 0. The Morgan fingerprint density at radius 2 is 1.69 bits per heavy atom. The van der Waals surface area contributed by atoms with E-state index in [4.69, 9.17) is 21.1 Å². The van der Waals surface area contributed by atoms with Crippen LogP contribution in [0.25, 0.3) is 0 Å². The fraction of sp³-hybridized carbons (Fsp3) is 0.455. The summed E-state index contributed by atoms with van der Waals surface area (Å²) in [5.41, 5.74) is 0.0569. The minimum atomic E-state index is -1.07. The van der Waals surface area contributed by atoms with Crippen molar-refractivity contribution in [2.24, 2.45) is 0 Å². The first-order valence-electron chi connectivity index (χ1n) is 9.55. The Labute approximate surface area is 175 Å². The largest absolute Gasteiger partial charge is 0.424 e. The van der Waals surface area contributed by atoms with Crippen molar-refractivity contribution >= 4 is 23.2 Å². The Hall–Kier alpha value is -2.31. The van der Waals surface area contributed by atoms with Gasteiger partial charge in [0.15, 0.2) is 11.6 Å². The monoisotopic (exact) mass is 416 g/mol. The number of nitrogens with zero attached hydrogens (tertiary/aromatic N) is 2. The maximum absolute atomic E-state index is 13.1. The number of aromatic nitrogens is 2. The van der Waals surface area contributed by atoms with E-state index in [9.17, 15) is 9.59 Å². The van der Waals surface area contributed by atoms with Gasteiger partial charge in [0.25, 0.3) is 0 Å². The minimum Gasteiger partial charge on any atom is -0.424 e. The number of rotatable bonds is 4. The second-order valence-corrected chi connectivity index (χ2v) is 8.60. The third kappa shape index (κ3) is 4.19. The van der Waals surface area contributed by atoms with Crippen molar-refractivity contribution in [3.8, 4) is 11.8 Å². The van der Waals surface area contributed by atoms with Crippen LogP contribution in [-0.2, 0) is 20.7 Å². The summed E-state index contributed by atoms with van der Waals surface area (Å²) in [4.78, 5) is 34.6. The van der Waals surface area contributed by atoms with Crippen molar-refractivity contribution in [3.63, 3.8) is 0 Å². The van der Waals surface area contributed by atoms with E-state index >= 15 is 0 Å². The predicted molar refractivity (Wildman–Crippen MR) is 110 cm³/mol. The fourth-order valence-corrected chi connectivity index (χ4v) is 3.95. The van der Waals surface area contributed by atoms with Gasteiger partial charge in [-0.3, -0.25) is 9.59 Å². The van der Waals surface area contributed by atoms with Gasteiger partial charge in [0.2, 0.25) is 0 Å². The van der Waals surface area contributed by atoms with E-state index in [0.717, 1.165) is 5.56 Å². The van der Waals surface area contributed by atoms with Crippen LogP contribution in [0.3, 0.4) is 0 Å². The molecule has 2 aromatic rings. The lowest BCUT2D eigenvalue weighted by atomic mass is 9.73. The van der Waals surface area contributed by atoms with Crippen molar-refractivity contribution < 1.29 is 19.1 Å². The van der Waals surface area contributed by atoms with E-state index < -0.39 is 17.1 Å². The molecule has 7 heteroatoms. The van der Waals surface area contributed by atoms with Crippen molar-refractivity contribution in [1.82, 2.24) is 9.97 Å². The van der Waals surface area contributed by atoms with E-state index in [1.54, 1.807) is 52.8 Å². The average Bonchev–Trinajstić information content (AvgIpc) is 2.59. The van der Waals surface area contributed by atoms with E-state index in [1.807, 2.05) is 13.0 Å². The van der Waals surface area contributed by atoms with Crippen molar-refractivity contribution in [2.75, 3.05) is 0 Å². The van der Waals surface area contributed by atoms with Crippen molar-refractivity contribution in [1.29, 1.82) is 0 Å². The summed E-state index contributed by atoms with van der Waals surface area (Å²) in [7, 11) is 0. The molecule has 0 unspecified atom stereocenters. The van der Waals surface area contributed by atoms with Gasteiger partial charge in [0.05, 0.1) is 0 Å². The number of carbonyl (C=O) groups excluding carboxylic acids is 2. The van der Waals surface area contributed by atoms with Gasteiger partial charge < -0.3 is 9.47 Å². The van der Waals surface area contributed by atoms with E-state index in [-0.39, 0.29) is 22.7 Å². The number of ketones is 2. The zero-order valence-electron chi connectivity index (χ0n) is 17.5. The van der Waals surface area contributed by atoms with Crippen LogP contribution in [0.2, 0.25) is 5.15 Å². The Balaban J connectivity index is 2.07. The molecule has 29 heavy (non-hydrogen) atoms. The molecular formula is C22H25ClN2O4. The Bertz CT molecular complexity index is 939. The molecule has 0 radical (unpaired) electrons. The molecule has 0 spiro atoms. The van der Waals surface area contributed by atoms with Crippen LogP contribution in [0.15, 0.2) is 24.3 Å². The summed E-state index contributed by atoms with van der Waals surface area (Å²) in [6.07, 6.45) is 0.668. The Morgan fingerprint density at radius 1 is 1.07 bits per heavy atom. The number of carbonyl (C=O) groups is 2. The van der Waals surface area contributed by atoms with Crippen molar-refractivity contribution in [2.45, 2.75) is 65.1 Å². The summed E-state index contributed by atoms with van der Waals surface area (Å²) in [5.74, 6) is -1.01. The fourth-order valence-electron chi connectivity index (χ4n) is 3.72. The van der Waals surface area contributed by atoms with Crippen LogP contribution in [-0.4, -0.2) is 32.7 Å². The molecule has 0 saturated carbocycles. The van der Waals surface area contributed by atoms with Gasteiger partial charge in [-0.15, -0.1) is 0 Å². The van der Waals surface area contributed by atoms with Gasteiger partial charge in [0, 0.05) is 5.69 Å². The first-order chi connectivity index (χ1) is 13.4. The Morgan fingerprint density at radius 3 is 2.24 bits per heavy atom. The highest BCUT2D eigenvalue weighted by molar-refractivity contribution is 6.29. The molecule has 0 amide bonds. The summed E-state index contributed by atoms with van der Waals surface area (Å²) < 4.78 is 11.6. The molecule has 0 bridgehead atoms. The van der Waals surface area contributed by atoms with Crippen LogP contribution >= 0.6 is 11.6 Å². The molecule has 1 saturated heterocycles. The van der Waals surface area contributed by atoms with Gasteiger partial charge in [-0.2, -0.15) is 4.98 Å². The van der Waals surface area contributed by atoms with E-state index in [2.05, 4.69) is 9.97 Å². The molecular weight excluding hydrogens is 392 g/mol. The molecule has 2 heterocycles. The summed E-state index contributed by atoms with van der Waals surface area (Å²) in [6.45, 7) is 10.6. The van der Waals surface area contributed by atoms with Crippen LogP contribution in [0.4, 0.5) is 0 Å². The van der Waals surface area contributed by atoms with Gasteiger partial charge in [-0.25, -0.2) is 4.98 Å². The normalized spacial score (nSPS) is 18.7. The van der Waals surface area contributed by atoms with Crippen LogP contribution in [0.5, 0.6) is 11.8 Å². The molecule has 1 aromatic heterocycles. The molecule has 0 aliphatic carbocycles. The number of benzene rings is 1.